The third-order valence-corrected chi connectivity index (χ3v) is 7.36. The molecular weight excluding hydrogens is 292 g/mol. The van der Waals surface area contributed by atoms with Crippen molar-refractivity contribution in [3.05, 3.63) is 0 Å². The van der Waals surface area contributed by atoms with Crippen LogP contribution in [0.3, 0.4) is 0 Å². The molecule has 4 saturated carbocycles. The molecule has 4 fully saturated rings. The molecule has 3 unspecified atom stereocenters. The zero-order valence-electron chi connectivity index (χ0n) is 8.24. The van der Waals surface area contributed by atoms with Crippen LogP contribution in [-0.2, 0) is 0 Å². The molecule has 0 heterocycles. The summed E-state index contributed by atoms with van der Waals surface area (Å²) < 4.78 is 0.306. The Hall–Kier alpha value is 0.960. The molecule has 0 aromatic rings. The molecule has 0 amide bonds. The summed E-state index contributed by atoms with van der Waals surface area (Å²) in [5, 5.41) is 0. The van der Waals surface area contributed by atoms with Gasteiger partial charge in [0.15, 0.2) is 0 Å². The van der Waals surface area contributed by atoms with Crippen molar-refractivity contribution in [2.75, 3.05) is 0 Å². The summed E-state index contributed by atoms with van der Waals surface area (Å²) in [7, 11) is 0. The number of halogens is 2. The molecule has 2 bridgehead atoms. The first kappa shape index (κ1) is 9.21. The molecule has 0 aromatic heterocycles. The fourth-order valence-electron chi connectivity index (χ4n) is 4.05. The first-order valence-electron chi connectivity index (χ1n) is 5.28. The van der Waals surface area contributed by atoms with Crippen LogP contribution in [-0.4, -0.2) is 3.23 Å². The lowest BCUT2D eigenvalue weighted by molar-refractivity contribution is -0.116. The topological polar surface area (TPSA) is 0 Å². The third kappa shape index (κ3) is 0.884. The minimum Gasteiger partial charge on any atom is -0.0721 e. The predicted octanol–water partition coefficient (Wildman–Crippen LogP) is 4.32. The van der Waals surface area contributed by atoms with Crippen molar-refractivity contribution in [2.45, 2.75) is 42.8 Å². The summed E-state index contributed by atoms with van der Waals surface area (Å²) in [6.45, 7) is 4.95. The van der Waals surface area contributed by atoms with Crippen LogP contribution in [0.1, 0.15) is 39.5 Å². The molecule has 0 aromatic carbocycles. The van der Waals surface area contributed by atoms with Gasteiger partial charge in [-0.15, -0.1) is 0 Å². The number of hydrogen-bond donors (Lipinski definition) is 0. The molecule has 4 aliphatic carbocycles. The third-order valence-electron chi connectivity index (χ3n) is 5.22. The van der Waals surface area contributed by atoms with Crippen molar-refractivity contribution < 1.29 is 0 Å². The molecule has 0 aliphatic heterocycles. The van der Waals surface area contributed by atoms with E-state index in [1.54, 1.807) is 0 Å². The fraction of sp³-hybridized carbons (Fsp3) is 1.00. The second-order valence-corrected chi connectivity index (χ2v) is 9.65. The van der Waals surface area contributed by atoms with Crippen molar-refractivity contribution in [3.63, 3.8) is 0 Å². The monoisotopic (exact) mass is 306 g/mol. The van der Waals surface area contributed by atoms with Gasteiger partial charge in [-0.1, -0.05) is 45.7 Å². The Morgan fingerprint density at radius 3 is 2.15 bits per heavy atom. The quantitative estimate of drug-likeness (QED) is 0.585. The lowest BCUT2D eigenvalue weighted by atomic mass is 9.44. The van der Waals surface area contributed by atoms with Crippen molar-refractivity contribution in [3.8, 4) is 0 Å². The molecule has 4 aliphatic rings. The highest BCUT2D eigenvalue weighted by atomic mass is 79.9. The smallest absolute Gasteiger partial charge is 0.0721 e. The average molecular weight is 308 g/mol. The normalized spacial score (nSPS) is 54.5. The van der Waals surface area contributed by atoms with Crippen LogP contribution >= 0.6 is 31.9 Å². The van der Waals surface area contributed by atoms with Crippen LogP contribution in [0.25, 0.3) is 0 Å². The van der Waals surface area contributed by atoms with Crippen LogP contribution < -0.4 is 0 Å². The van der Waals surface area contributed by atoms with Gasteiger partial charge in [0.25, 0.3) is 0 Å². The predicted molar refractivity (Wildman–Crippen MR) is 62.2 cm³/mol. The first-order valence-corrected chi connectivity index (χ1v) is 6.87. The van der Waals surface area contributed by atoms with Crippen LogP contribution in [0.5, 0.6) is 0 Å². The molecule has 13 heavy (non-hydrogen) atoms. The van der Waals surface area contributed by atoms with E-state index in [9.17, 15) is 0 Å². The highest BCUT2D eigenvalue weighted by Crippen LogP contribution is 2.82. The Labute approximate surface area is 97.1 Å². The van der Waals surface area contributed by atoms with Gasteiger partial charge in [0.1, 0.15) is 0 Å². The molecule has 0 nitrogen and oxygen atoms in total. The number of rotatable bonds is 0. The Kier molecular flexibility index (Phi) is 1.57. The minimum atomic E-state index is 0.306. The maximum Gasteiger partial charge on any atom is 0.0871 e. The average Bonchev–Trinajstić information content (AvgIpc) is 2.51. The second kappa shape index (κ2) is 2.21. The number of alkyl halides is 2. The zero-order valence-corrected chi connectivity index (χ0v) is 11.4. The molecule has 4 rings (SSSR count). The molecule has 3 atom stereocenters. The second-order valence-electron chi connectivity index (χ2n) is 5.88. The van der Waals surface area contributed by atoms with Gasteiger partial charge in [-0.05, 0) is 42.9 Å². The molecule has 2 heteroatoms. The minimum absolute atomic E-state index is 0.306. The van der Waals surface area contributed by atoms with Gasteiger partial charge in [0, 0.05) is 5.41 Å². The summed E-state index contributed by atoms with van der Waals surface area (Å²) in [5.74, 6) is 2.00. The standard InChI is InChI=1S/C11H16Br2/c1-9(2)7-3-4-10(8(9)5-7)6-11(10,12)13/h7-8H,3-6H2,1-2H3. The van der Waals surface area contributed by atoms with E-state index >= 15 is 0 Å². The lowest BCUT2D eigenvalue weighted by Gasteiger charge is -2.61. The van der Waals surface area contributed by atoms with E-state index in [1.807, 2.05) is 0 Å². The van der Waals surface area contributed by atoms with Crippen molar-refractivity contribution in [2.24, 2.45) is 22.7 Å². The van der Waals surface area contributed by atoms with Gasteiger partial charge in [-0.25, -0.2) is 0 Å². The van der Waals surface area contributed by atoms with E-state index in [4.69, 9.17) is 0 Å². The van der Waals surface area contributed by atoms with Crippen LogP contribution in [0.15, 0.2) is 0 Å². The maximum absolute atomic E-state index is 3.84. The largest absolute Gasteiger partial charge is 0.0871 e. The maximum atomic E-state index is 3.84. The van der Waals surface area contributed by atoms with Gasteiger partial charge in [0.05, 0.1) is 3.23 Å². The molecule has 0 N–H and O–H groups in total. The molecule has 74 valence electrons. The highest BCUT2D eigenvalue weighted by molar-refractivity contribution is 9.25. The molecule has 1 spiro atoms. The van der Waals surface area contributed by atoms with E-state index in [0.29, 0.717) is 14.1 Å². The summed E-state index contributed by atoms with van der Waals surface area (Å²) in [6, 6.07) is 0. The van der Waals surface area contributed by atoms with E-state index in [0.717, 1.165) is 11.8 Å². The van der Waals surface area contributed by atoms with Crippen molar-refractivity contribution in [1.82, 2.24) is 0 Å². The Balaban J connectivity index is 1.94. The summed E-state index contributed by atoms with van der Waals surface area (Å²) >= 11 is 7.68. The van der Waals surface area contributed by atoms with E-state index in [1.165, 1.54) is 25.7 Å². The van der Waals surface area contributed by atoms with E-state index in [2.05, 4.69) is 45.7 Å². The van der Waals surface area contributed by atoms with Crippen LogP contribution in [0.4, 0.5) is 0 Å². The molecular formula is C11H16Br2. The van der Waals surface area contributed by atoms with Crippen LogP contribution in [0.2, 0.25) is 0 Å². The zero-order chi connectivity index (χ0) is 9.48. The highest BCUT2D eigenvalue weighted by Gasteiger charge is 2.75. The van der Waals surface area contributed by atoms with Gasteiger partial charge >= 0.3 is 0 Å². The SMILES string of the molecule is CC1(C)C2CCC3(CC3(Br)Br)C1C2. The molecule has 0 saturated heterocycles. The molecule has 0 radical (unpaired) electrons. The first-order chi connectivity index (χ1) is 5.90. The summed E-state index contributed by atoms with van der Waals surface area (Å²) in [6.07, 6.45) is 5.75. The Morgan fingerprint density at radius 1 is 1.23 bits per heavy atom. The Bertz CT molecular complexity index is 267. The lowest BCUT2D eigenvalue weighted by Crippen LogP contribution is -2.54. The van der Waals surface area contributed by atoms with E-state index < -0.39 is 0 Å². The van der Waals surface area contributed by atoms with Gasteiger partial charge in [-0.2, -0.15) is 0 Å². The Morgan fingerprint density at radius 2 is 1.85 bits per heavy atom. The summed E-state index contributed by atoms with van der Waals surface area (Å²) in [4.78, 5) is 0. The van der Waals surface area contributed by atoms with Gasteiger partial charge in [-0.3, -0.25) is 0 Å². The number of fused-ring (bicyclic) bond motifs is 1. The van der Waals surface area contributed by atoms with Crippen molar-refractivity contribution in [1.29, 1.82) is 0 Å². The van der Waals surface area contributed by atoms with Gasteiger partial charge in [0.2, 0.25) is 0 Å². The van der Waals surface area contributed by atoms with Crippen LogP contribution in [0, 0.1) is 22.7 Å². The van der Waals surface area contributed by atoms with E-state index in [-0.39, 0.29) is 0 Å². The van der Waals surface area contributed by atoms with Crippen molar-refractivity contribution >= 4 is 31.9 Å². The summed E-state index contributed by atoms with van der Waals surface area (Å²) in [5.41, 5.74) is 1.24. The van der Waals surface area contributed by atoms with Gasteiger partial charge < -0.3 is 0 Å². The fourth-order valence-corrected chi connectivity index (χ4v) is 6.00. The number of hydrogen-bond acceptors (Lipinski definition) is 0.